The summed E-state index contributed by atoms with van der Waals surface area (Å²) >= 11 is 0. The van der Waals surface area contributed by atoms with Gasteiger partial charge in [0.1, 0.15) is 6.07 Å². The molecule has 0 aliphatic rings. The Morgan fingerprint density at radius 2 is 1.37 bits per heavy atom. The summed E-state index contributed by atoms with van der Waals surface area (Å²) in [6.45, 7) is 0. The van der Waals surface area contributed by atoms with E-state index in [0.29, 0.717) is 11.1 Å². The summed E-state index contributed by atoms with van der Waals surface area (Å²) in [6.07, 6.45) is 0. The summed E-state index contributed by atoms with van der Waals surface area (Å²) in [5.41, 5.74) is 3.87. The minimum Gasteiger partial charge on any atom is -0.308 e. The van der Waals surface area contributed by atoms with Gasteiger partial charge in [0.25, 0.3) is 0 Å². The monoisotopic (exact) mass is 343 g/mol. The molecule has 5 rings (SSSR count). The van der Waals surface area contributed by atoms with Crippen molar-refractivity contribution in [1.29, 1.82) is 10.5 Å². The molecule has 5 aromatic rings. The minimum atomic E-state index is 0.538. The first kappa shape index (κ1) is 15.2. The molecule has 1 aromatic heterocycles. The maximum atomic E-state index is 9.65. The van der Waals surface area contributed by atoms with Gasteiger partial charge in [0, 0.05) is 10.8 Å². The quantitative estimate of drug-likeness (QED) is 0.393. The van der Waals surface area contributed by atoms with Gasteiger partial charge in [-0.25, -0.2) is 0 Å². The molecular weight excluding hydrogens is 330 g/mol. The number of nitrogens with zero attached hydrogens (tertiary/aromatic N) is 3. The van der Waals surface area contributed by atoms with Gasteiger partial charge >= 0.3 is 0 Å². The van der Waals surface area contributed by atoms with Crippen LogP contribution < -0.4 is 0 Å². The van der Waals surface area contributed by atoms with Crippen LogP contribution in [0.5, 0.6) is 0 Å². The molecule has 0 saturated heterocycles. The van der Waals surface area contributed by atoms with Gasteiger partial charge < -0.3 is 4.57 Å². The van der Waals surface area contributed by atoms with Crippen molar-refractivity contribution in [2.75, 3.05) is 0 Å². The van der Waals surface area contributed by atoms with Gasteiger partial charge in [-0.05, 0) is 47.2 Å². The van der Waals surface area contributed by atoms with Crippen LogP contribution in [-0.4, -0.2) is 4.57 Å². The third kappa shape index (κ3) is 2.20. The number of para-hydroxylation sites is 1. The van der Waals surface area contributed by atoms with Gasteiger partial charge in [-0.3, -0.25) is 0 Å². The highest BCUT2D eigenvalue weighted by Crippen LogP contribution is 2.35. The molecule has 3 nitrogen and oxygen atoms in total. The normalized spacial score (nSPS) is 10.9. The lowest BCUT2D eigenvalue weighted by atomic mass is 10.1. The molecule has 0 atom stereocenters. The van der Waals surface area contributed by atoms with Crippen molar-refractivity contribution < 1.29 is 0 Å². The highest BCUT2D eigenvalue weighted by molar-refractivity contribution is 6.13. The van der Waals surface area contributed by atoms with Crippen LogP contribution in [0.3, 0.4) is 0 Å². The average molecular weight is 343 g/mol. The molecule has 0 aliphatic heterocycles. The Morgan fingerprint density at radius 1 is 0.630 bits per heavy atom. The van der Waals surface area contributed by atoms with Crippen molar-refractivity contribution in [1.82, 2.24) is 4.57 Å². The number of hydrogen-bond acceptors (Lipinski definition) is 2. The van der Waals surface area contributed by atoms with E-state index in [1.807, 2.05) is 24.3 Å². The van der Waals surface area contributed by atoms with Crippen molar-refractivity contribution in [3.63, 3.8) is 0 Å². The molecule has 0 unspecified atom stereocenters. The second-order valence-corrected chi connectivity index (χ2v) is 6.52. The van der Waals surface area contributed by atoms with Crippen LogP contribution in [0.25, 0.3) is 38.3 Å². The Balaban J connectivity index is 2.02. The highest BCUT2D eigenvalue weighted by Gasteiger charge is 2.15. The Hall–Kier alpha value is -4.08. The van der Waals surface area contributed by atoms with E-state index in [1.54, 1.807) is 18.2 Å². The number of fused-ring (bicyclic) bond motifs is 4. The Bertz CT molecular complexity index is 1440. The minimum absolute atomic E-state index is 0.538. The summed E-state index contributed by atoms with van der Waals surface area (Å²) in [7, 11) is 0. The molecule has 124 valence electrons. The second-order valence-electron chi connectivity index (χ2n) is 6.52. The van der Waals surface area contributed by atoms with Crippen molar-refractivity contribution in [3.05, 3.63) is 90.0 Å². The molecule has 0 aliphatic carbocycles. The zero-order valence-corrected chi connectivity index (χ0v) is 14.3. The first-order chi connectivity index (χ1) is 13.3. The van der Waals surface area contributed by atoms with Gasteiger partial charge in [-0.2, -0.15) is 10.5 Å². The number of rotatable bonds is 1. The summed E-state index contributed by atoms with van der Waals surface area (Å²) in [4.78, 5) is 0. The second kappa shape index (κ2) is 5.73. The van der Waals surface area contributed by atoms with Crippen molar-refractivity contribution >= 4 is 32.6 Å². The predicted molar refractivity (Wildman–Crippen MR) is 108 cm³/mol. The molecular formula is C24H13N3. The molecule has 3 heteroatoms. The van der Waals surface area contributed by atoms with Gasteiger partial charge in [-0.1, -0.05) is 42.5 Å². The molecule has 4 aromatic carbocycles. The van der Waals surface area contributed by atoms with Crippen LogP contribution in [0.15, 0.2) is 78.9 Å². The fraction of sp³-hybridized carbons (Fsp3) is 0. The molecule has 0 saturated carbocycles. The molecule has 0 N–H and O–H groups in total. The topological polar surface area (TPSA) is 52.5 Å². The number of nitriles is 2. The molecule has 0 radical (unpaired) electrons. The largest absolute Gasteiger partial charge is 0.308 e. The Kier molecular flexibility index (Phi) is 3.22. The van der Waals surface area contributed by atoms with Gasteiger partial charge in [0.2, 0.25) is 0 Å². The van der Waals surface area contributed by atoms with E-state index in [2.05, 4.69) is 53.1 Å². The van der Waals surface area contributed by atoms with Gasteiger partial charge in [0.05, 0.1) is 33.9 Å². The molecule has 0 amide bonds. The van der Waals surface area contributed by atoms with Crippen molar-refractivity contribution in [2.24, 2.45) is 0 Å². The summed E-state index contributed by atoms with van der Waals surface area (Å²) in [5, 5.41) is 23.6. The summed E-state index contributed by atoms with van der Waals surface area (Å²) in [5.74, 6) is 0. The van der Waals surface area contributed by atoms with Crippen LogP contribution in [-0.2, 0) is 0 Å². The lowest BCUT2D eigenvalue weighted by Crippen LogP contribution is -1.98. The van der Waals surface area contributed by atoms with Crippen LogP contribution >= 0.6 is 0 Å². The lowest BCUT2D eigenvalue weighted by molar-refractivity contribution is 1.16. The fourth-order valence-electron chi connectivity index (χ4n) is 3.80. The van der Waals surface area contributed by atoms with Gasteiger partial charge in [-0.15, -0.1) is 0 Å². The standard InChI is InChI=1S/C24H13N3/c25-14-16-9-10-19(15-26)23(11-16)27-22-8-4-3-7-20(22)21-12-17-5-1-2-6-18(17)13-24(21)27/h1-13H. The third-order valence-corrected chi connectivity index (χ3v) is 5.03. The molecule has 27 heavy (non-hydrogen) atoms. The van der Waals surface area contributed by atoms with Crippen LogP contribution in [0.2, 0.25) is 0 Å². The molecule has 0 fully saturated rings. The van der Waals surface area contributed by atoms with E-state index in [9.17, 15) is 10.5 Å². The SMILES string of the molecule is N#Cc1ccc(C#N)c(-n2c3ccccc3c3cc4ccccc4cc32)c1. The third-order valence-electron chi connectivity index (χ3n) is 5.03. The van der Waals surface area contributed by atoms with Crippen LogP contribution in [0, 0.1) is 22.7 Å². The maximum Gasteiger partial charge on any atom is 0.101 e. The molecule has 0 spiro atoms. The Morgan fingerprint density at radius 3 is 2.15 bits per heavy atom. The molecule has 0 bridgehead atoms. The summed E-state index contributed by atoms with van der Waals surface area (Å²) in [6, 6.07) is 30.5. The first-order valence-electron chi connectivity index (χ1n) is 8.67. The summed E-state index contributed by atoms with van der Waals surface area (Å²) < 4.78 is 2.09. The van der Waals surface area contributed by atoms with E-state index in [0.717, 1.165) is 32.9 Å². The van der Waals surface area contributed by atoms with Crippen LogP contribution in [0.1, 0.15) is 11.1 Å². The average Bonchev–Trinajstić information content (AvgIpc) is 3.05. The van der Waals surface area contributed by atoms with E-state index >= 15 is 0 Å². The van der Waals surface area contributed by atoms with Crippen LogP contribution in [0.4, 0.5) is 0 Å². The van der Waals surface area contributed by atoms with Crippen molar-refractivity contribution in [2.45, 2.75) is 0 Å². The smallest absolute Gasteiger partial charge is 0.101 e. The number of benzene rings is 4. The zero-order valence-electron chi connectivity index (χ0n) is 14.3. The van der Waals surface area contributed by atoms with E-state index in [-0.39, 0.29) is 0 Å². The fourth-order valence-corrected chi connectivity index (χ4v) is 3.80. The maximum absolute atomic E-state index is 9.65. The first-order valence-corrected chi connectivity index (χ1v) is 8.67. The van der Waals surface area contributed by atoms with E-state index in [4.69, 9.17) is 0 Å². The number of hydrogen-bond donors (Lipinski definition) is 0. The highest BCUT2D eigenvalue weighted by atomic mass is 15.0. The molecule has 1 heterocycles. The predicted octanol–water partition coefficient (Wildman–Crippen LogP) is 5.68. The zero-order chi connectivity index (χ0) is 18.4. The lowest BCUT2D eigenvalue weighted by Gasteiger charge is -2.10. The van der Waals surface area contributed by atoms with E-state index < -0.39 is 0 Å². The van der Waals surface area contributed by atoms with Crippen molar-refractivity contribution in [3.8, 4) is 17.8 Å². The number of aromatic nitrogens is 1. The van der Waals surface area contributed by atoms with Gasteiger partial charge in [0.15, 0.2) is 0 Å². The Labute approximate surface area is 155 Å². The van der Waals surface area contributed by atoms with E-state index in [1.165, 1.54) is 5.39 Å².